The van der Waals surface area contributed by atoms with Crippen LogP contribution in [0.4, 0.5) is 0 Å². The number of carbonyl (C=O) groups excluding carboxylic acids is 3. The summed E-state index contributed by atoms with van der Waals surface area (Å²) in [7, 11) is 1.74. The minimum Gasteiger partial charge on any atom is -0.336 e. The Balaban J connectivity index is 1.69. The van der Waals surface area contributed by atoms with Crippen molar-refractivity contribution in [2.75, 3.05) is 26.7 Å². The van der Waals surface area contributed by atoms with Crippen LogP contribution in [-0.2, 0) is 20.8 Å². The van der Waals surface area contributed by atoms with Crippen LogP contribution < -0.4 is 0 Å². The van der Waals surface area contributed by atoms with Gasteiger partial charge in [0, 0.05) is 20.5 Å². The van der Waals surface area contributed by atoms with Gasteiger partial charge in [0.05, 0.1) is 13.1 Å². The Hall–Kier alpha value is -3.19. The van der Waals surface area contributed by atoms with E-state index in [-0.39, 0.29) is 24.3 Å². The van der Waals surface area contributed by atoms with Gasteiger partial charge >= 0.3 is 0 Å². The van der Waals surface area contributed by atoms with E-state index in [2.05, 4.69) is 0 Å². The molecule has 0 spiro atoms. The summed E-state index contributed by atoms with van der Waals surface area (Å²) in [6.07, 6.45) is 0.192. The van der Waals surface area contributed by atoms with Gasteiger partial charge in [0.25, 0.3) is 0 Å². The number of rotatable bonds is 4. The van der Waals surface area contributed by atoms with Crippen molar-refractivity contribution in [2.45, 2.75) is 25.6 Å². The van der Waals surface area contributed by atoms with Crippen molar-refractivity contribution in [1.29, 1.82) is 0 Å². The second-order valence-electron chi connectivity index (χ2n) is 7.79. The number of piperazine rings is 1. The van der Waals surface area contributed by atoms with Crippen molar-refractivity contribution in [3.8, 4) is 0 Å². The SMILES string of the molecule is CC(=O)N1C2CN(CCc3ccccc3)C(=O)[C@H](c3ccccc3)N2C(=O)CN1C. The number of hydrogen-bond acceptors (Lipinski definition) is 4. The summed E-state index contributed by atoms with van der Waals surface area (Å²) in [5, 5.41) is 3.25. The Labute approximate surface area is 176 Å². The van der Waals surface area contributed by atoms with Crippen LogP contribution in [0.1, 0.15) is 24.1 Å². The molecule has 0 aromatic heterocycles. The molecule has 7 nitrogen and oxygen atoms in total. The minimum atomic E-state index is -0.733. The van der Waals surface area contributed by atoms with E-state index in [1.165, 1.54) is 6.92 Å². The first-order chi connectivity index (χ1) is 14.5. The Morgan fingerprint density at radius 3 is 2.27 bits per heavy atom. The number of likely N-dealkylation sites (N-methyl/N-ethyl adjacent to an activating group) is 1. The molecule has 0 saturated carbocycles. The number of hydrogen-bond donors (Lipinski definition) is 0. The highest BCUT2D eigenvalue weighted by Gasteiger charge is 2.50. The highest BCUT2D eigenvalue weighted by molar-refractivity contribution is 5.92. The van der Waals surface area contributed by atoms with Crippen molar-refractivity contribution in [3.63, 3.8) is 0 Å². The summed E-state index contributed by atoms with van der Waals surface area (Å²) >= 11 is 0. The van der Waals surface area contributed by atoms with Gasteiger partial charge in [-0.15, -0.1) is 0 Å². The van der Waals surface area contributed by atoms with Crippen LogP contribution in [0.5, 0.6) is 0 Å². The largest absolute Gasteiger partial charge is 0.336 e. The van der Waals surface area contributed by atoms with Crippen LogP contribution in [0.3, 0.4) is 0 Å². The number of amides is 3. The molecule has 2 aromatic carbocycles. The summed E-state index contributed by atoms with van der Waals surface area (Å²) in [4.78, 5) is 42.3. The molecular formula is C23H26N4O3. The van der Waals surface area contributed by atoms with Crippen molar-refractivity contribution in [3.05, 3.63) is 71.8 Å². The standard InChI is InChI=1S/C23H26N4O3/c1-17(28)27-20-15-25(14-13-18-9-5-3-6-10-18)23(30)22(19-11-7-4-8-12-19)26(20)21(29)16-24(27)2/h3-12,20,22H,13-16H2,1-2H3/t20?,22-/m0/s1. The van der Waals surface area contributed by atoms with E-state index in [1.807, 2.05) is 60.7 Å². The van der Waals surface area contributed by atoms with Gasteiger partial charge in [-0.1, -0.05) is 60.7 Å². The first kappa shape index (κ1) is 20.1. The summed E-state index contributed by atoms with van der Waals surface area (Å²) in [5.41, 5.74) is 1.91. The topological polar surface area (TPSA) is 64.2 Å². The average Bonchev–Trinajstić information content (AvgIpc) is 2.74. The summed E-state index contributed by atoms with van der Waals surface area (Å²) in [5.74, 6) is -0.399. The lowest BCUT2D eigenvalue weighted by atomic mass is 9.98. The smallest absolute Gasteiger partial charge is 0.250 e. The molecule has 2 aliphatic heterocycles. The van der Waals surface area contributed by atoms with E-state index in [0.717, 1.165) is 11.1 Å². The zero-order valence-corrected chi connectivity index (χ0v) is 17.3. The highest BCUT2D eigenvalue weighted by Crippen LogP contribution is 2.34. The zero-order valence-electron chi connectivity index (χ0n) is 17.3. The maximum atomic E-state index is 13.5. The molecule has 7 heteroatoms. The van der Waals surface area contributed by atoms with Gasteiger partial charge in [0.2, 0.25) is 17.7 Å². The van der Waals surface area contributed by atoms with Crippen LogP contribution in [0, 0.1) is 0 Å². The van der Waals surface area contributed by atoms with E-state index in [1.54, 1.807) is 26.9 Å². The fourth-order valence-corrected chi connectivity index (χ4v) is 4.42. The molecular weight excluding hydrogens is 380 g/mol. The van der Waals surface area contributed by atoms with Crippen LogP contribution in [-0.4, -0.2) is 70.4 Å². The maximum absolute atomic E-state index is 13.5. The van der Waals surface area contributed by atoms with E-state index >= 15 is 0 Å². The lowest BCUT2D eigenvalue weighted by Crippen LogP contribution is -2.72. The molecule has 0 N–H and O–H groups in total. The third-order valence-corrected chi connectivity index (χ3v) is 5.78. The predicted molar refractivity (Wildman–Crippen MR) is 112 cm³/mol. The van der Waals surface area contributed by atoms with Gasteiger partial charge in [-0.05, 0) is 17.5 Å². The van der Waals surface area contributed by atoms with E-state index in [0.29, 0.717) is 19.5 Å². The molecule has 3 amide bonds. The van der Waals surface area contributed by atoms with Crippen LogP contribution in [0.2, 0.25) is 0 Å². The number of hydrazine groups is 1. The van der Waals surface area contributed by atoms with Crippen molar-refractivity contribution in [1.82, 2.24) is 19.8 Å². The fraction of sp³-hybridized carbons (Fsp3) is 0.348. The number of benzene rings is 2. The maximum Gasteiger partial charge on any atom is 0.250 e. The Morgan fingerprint density at radius 2 is 1.63 bits per heavy atom. The lowest BCUT2D eigenvalue weighted by Gasteiger charge is -2.54. The molecule has 2 atom stereocenters. The van der Waals surface area contributed by atoms with Gasteiger partial charge in [0.15, 0.2) is 0 Å². The summed E-state index contributed by atoms with van der Waals surface area (Å²) in [6, 6.07) is 18.6. The number of fused-ring (bicyclic) bond motifs is 1. The van der Waals surface area contributed by atoms with Gasteiger partial charge < -0.3 is 9.80 Å². The van der Waals surface area contributed by atoms with E-state index in [4.69, 9.17) is 0 Å². The Bertz CT molecular complexity index is 934. The van der Waals surface area contributed by atoms with E-state index < -0.39 is 12.2 Å². The monoisotopic (exact) mass is 406 g/mol. The van der Waals surface area contributed by atoms with Crippen molar-refractivity contribution >= 4 is 17.7 Å². The van der Waals surface area contributed by atoms with Crippen LogP contribution >= 0.6 is 0 Å². The molecule has 2 fully saturated rings. The molecule has 0 radical (unpaired) electrons. The lowest BCUT2D eigenvalue weighted by molar-refractivity contribution is -0.202. The first-order valence-electron chi connectivity index (χ1n) is 10.2. The fourth-order valence-electron chi connectivity index (χ4n) is 4.42. The molecule has 4 rings (SSSR count). The molecule has 30 heavy (non-hydrogen) atoms. The zero-order chi connectivity index (χ0) is 21.3. The predicted octanol–water partition coefficient (Wildman–Crippen LogP) is 1.68. The minimum absolute atomic E-state index is 0.0662. The average molecular weight is 406 g/mol. The quantitative estimate of drug-likeness (QED) is 0.775. The Morgan fingerprint density at radius 1 is 1.00 bits per heavy atom. The summed E-state index contributed by atoms with van der Waals surface area (Å²) in [6.45, 7) is 2.38. The van der Waals surface area contributed by atoms with Crippen molar-refractivity contribution < 1.29 is 14.4 Å². The molecule has 0 aliphatic carbocycles. The molecule has 2 heterocycles. The van der Waals surface area contributed by atoms with Gasteiger partial charge in [0.1, 0.15) is 12.2 Å². The van der Waals surface area contributed by atoms with Gasteiger partial charge in [-0.3, -0.25) is 19.4 Å². The molecule has 0 bridgehead atoms. The number of carbonyl (C=O) groups is 3. The third-order valence-electron chi connectivity index (χ3n) is 5.78. The molecule has 2 aromatic rings. The van der Waals surface area contributed by atoms with E-state index in [9.17, 15) is 14.4 Å². The molecule has 2 saturated heterocycles. The third kappa shape index (κ3) is 3.68. The van der Waals surface area contributed by atoms with Crippen molar-refractivity contribution in [2.24, 2.45) is 0 Å². The second kappa shape index (κ2) is 8.28. The first-order valence-corrected chi connectivity index (χ1v) is 10.2. The van der Waals surface area contributed by atoms with Crippen LogP contribution in [0.15, 0.2) is 60.7 Å². The number of nitrogens with zero attached hydrogens (tertiary/aromatic N) is 4. The summed E-state index contributed by atoms with van der Waals surface area (Å²) < 4.78 is 0. The van der Waals surface area contributed by atoms with Crippen LogP contribution in [0.25, 0.3) is 0 Å². The normalized spacial score (nSPS) is 22.3. The van der Waals surface area contributed by atoms with Gasteiger partial charge in [-0.2, -0.15) is 0 Å². The molecule has 2 aliphatic rings. The second-order valence-corrected chi connectivity index (χ2v) is 7.79. The van der Waals surface area contributed by atoms with Gasteiger partial charge in [-0.25, -0.2) is 5.01 Å². The molecule has 156 valence electrons. The molecule has 1 unspecified atom stereocenters. The highest BCUT2D eigenvalue weighted by atomic mass is 16.2. The Kier molecular flexibility index (Phi) is 5.55.